The van der Waals surface area contributed by atoms with Crippen molar-refractivity contribution in [1.29, 1.82) is 0 Å². The monoisotopic (exact) mass is 470 g/mol. The Balaban J connectivity index is 1.97. The van der Waals surface area contributed by atoms with E-state index in [9.17, 15) is 34.8 Å². The Morgan fingerprint density at radius 1 is 0.903 bits per heavy atom. The number of nitrogens with one attached hydrogen (secondary N) is 2. The minimum absolute atomic E-state index is 0.123. The molecule has 0 heterocycles. The predicted octanol–water partition coefficient (Wildman–Crippen LogP) is 4.19. The van der Waals surface area contributed by atoms with Crippen molar-refractivity contribution >= 4 is 10.0 Å². The van der Waals surface area contributed by atoms with Crippen LogP contribution in [0.4, 0.5) is 26.3 Å². The van der Waals surface area contributed by atoms with Gasteiger partial charge in [-0.05, 0) is 48.9 Å². The van der Waals surface area contributed by atoms with Gasteiger partial charge >= 0.3 is 12.4 Å². The van der Waals surface area contributed by atoms with Crippen molar-refractivity contribution in [2.24, 2.45) is 0 Å². The fraction of sp³-hybridized carbons (Fsp3) is 0.368. The van der Waals surface area contributed by atoms with Gasteiger partial charge in [-0.3, -0.25) is 0 Å². The summed E-state index contributed by atoms with van der Waals surface area (Å²) in [5.41, 5.74) is -2.46. The maximum Gasteiger partial charge on any atom is 0.416 e. The van der Waals surface area contributed by atoms with Gasteiger partial charge in [-0.1, -0.05) is 12.1 Å². The van der Waals surface area contributed by atoms with Crippen LogP contribution < -0.4 is 14.8 Å². The molecule has 0 aliphatic rings. The lowest BCUT2D eigenvalue weighted by molar-refractivity contribution is -0.143. The van der Waals surface area contributed by atoms with Crippen molar-refractivity contribution in [1.82, 2.24) is 10.0 Å². The van der Waals surface area contributed by atoms with Gasteiger partial charge in [0.1, 0.15) is 5.75 Å². The second-order valence-corrected chi connectivity index (χ2v) is 8.29. The molecule has 2 aromatic rings. The zero-order valence-corrected chi connectivity index (χ0v) is 17.1. The number of methoxy groups -OCH3 is 1. The molecule has 0 unspecified atom stereocenters. The van der Waals surface area contributed by atoms with Crippen LogP contribution in [-0.4, -0.2) is 28.6 Å². The van der Waals surface area contributed by atoms with Gasteiger partial charge < -0.3 is 10.1 Å². The van der Waals surface area contributed by atoms with E-state index in [1.165, 1.54) is 7.11 Å². The molecular formula is C19H20F6N2O3S. The SMILES string of the molecule is COc1cccc(CNCCCNS(=O)(=O)c2cc(C(F)(F)F)cc(C(F)(F)F)c2)c1. The summed E-state index contributed by atoms with van der Waals surface area (Å²) in [6, 6.07) is 7.47. The minimum Gasteiger partial charge on any atom is -0.497 e. The first-order chi connectivity index (χ1) is 14.3. The lowest BCUT2D eigenvalue weighted by Gasteiger charge is -2.15. The quantitative estimate of drug-likeness (QED) is 0.426. The standard InChI is InChI=1S/C19H20F6N2O3S/c1-30-16-5-2-4-13(8-16)12-26-6-3-7-27-31(28,29)17-10-14(18(20,21)22)9-15(11-17)19(23,24)25/h2,4-5,8-11,26-27H,3,6-7,12H2,1H3. The molecule has 0 fully saturated rings. The van der Waals surface area contributed by atoms with E-state index in [-0.39, 0.29) is 31.2 Å². The van der Waals surface area contributed by atoms with Crippen LogP contribution in [-0.2, 0) is 28.9 Å². The molecule has 12 heteroatoms. The highest BCUT2D eigenvalue weighted by Crippen LogP contribution is 2.37. The van der Waals surface area contributed by atoms with E-state index in [4.69, 9.17) is 4.74 Å². The van der Waals surface area contributed by atoms with Crippen LogP contribution in [0.1, 0.15) is 23.1 Å². The highest BCUT2D eigenvalue weighted by Gasteiger charge is 2.38. The predicted molar refractivity (Wildman–Crippen MR) is 101 cm³/mol. The Hall–Kier alpha value is -2.31. The first kappa shape index (κ1) is 25.0. The number of ether oxygens (including phenoxy) is 1. The molecule has 0 aromatic heterocycles. The summed E-state index contributed by atoms with van der Waals surface area (Å²) >= 11 is 0. The highest BCUT2D eigenvalue weighted by molar-refractivity contribution is 7.89. The zero-order chi connectivity index (χ0) is 23.3. The molecule has 2 N–H and O–H groups in total. The summed E-state index contributed by atoms with van der Waals surface area (Å²) in [5, 5.41) is 3.05. The smallest absolute Gasteiger partial charge is 0.416 e. The Morgan fingerprint density at radius 3 is 2.06 bits per heavy atom. The highest BCUT2D eigenvalue weighted by atomic mass is 32.2. The third-order valence-electron chi connectivity index (χ3n) is 4.16. The molecule has 2 aromatic carbocycles. The molecule has 0 aliphatic heterocycles. The van der Waals surface area contributed by atoms with Crippen LogP contribution in [0, 0.1) is 0 Å². The fourth-order valence-electron chi connectivity index (χ4n) is 2.60. The van der Waals surface area contributed by atoms with E-state index in [1.807, 2.05) is 16.9 Å². The van der Waals surface area contributed by atoms with Gasteiger partial charge in [0.2, 0.25) is 10.0 Å². The summed E-state index contributed by atoms with van der Waals surface area (Å²) < 4.78 is 109. The average Bonchev–Trinajstić information content (AvgIpc) is 2.69. The molecule has 0 atom stereocenters. The van der Waals surface area contributed by atoms with Gasteiger partial charge in [0.05, 0.1) is 23.1 Å². The van der Waals surface area contributed by atoms with E-state index in [1.54, 1.807) is 12.1 Å². The average molecular weight is 470 g/mol. The fourth-order valence-corrected chi connectivity index (χ4v) is 3.74. The molecule has 0 saturated carbocycles. The van der Waals surface area contributed by atoms with Crippen LogP contribution >= 0.6 is 0 Å². The molecule has 0 amide bonds. The largest absolute Gasteiger partial charge is 0.497 e. The van der Waals surface area contributed by atoms with Crippen molar-refractivity contribution in [3.05, 3.63) is 59.2 Å². The van der Waals surface area contributed by atoms with Crippen LogP contribution in [0.15, 0.2) is 47.4 Å². The first-order valence-corrected chi connectivity index (χ1v) is 10.4. The van der Waals surface area contributed by atoms with Crippen molar-refractivity contribution in [2.45, 2.75) is 30.2 Å². The Kier molecular flexibility index (Phi) is 7.95. The lowest BCUT2D eigenvalue weighted by atomic mass is 10.1. The summed E-state index contributed by atoms with van der Waals surface area (Å²) in [7, 11) is -3.04. The van der Waals surface area contributed by atoms with Gasteiger partial charge in [0.25, 0.3) is 0 Å². The number of benzene rings is 2. The third kappa shape index (κ3) is 7.40. The number of halogens is 6. The van der Waals surface area contributed by atoms with Crippen LogP contribution in [0.25, 0.3) is 0 Å². The second kappa shape index (κ2) is 9.88. The topological polar surface area (TPSA) is 67.4 Å². The van der Waals surface area contributed by atoms with E-state index < -0.39 is 38.4 Å². The Labute approximate surface area is 175 Å². The maximum absolute atomic E-state index is 12.9. The Bertz CT molecular complexity index is 959. The lowest BCUT2D eigenvalue weighted by Crippen LogP contribution is -2.28. The van der Waals surface area contributed by atoms with Crippen molar-refractivity contribution in [2.75, 3.05) is 20.2 Å². The number of alkyl halides is 6. The molecule has 0 saturated heterocycles. The summed E-state index contributed by atoms with van der Waals surface area (Å²) in [4.78, 5) is -1.10. The van der Waals surface area contributed by atoms with Gasteiger partial charge in [-0.25, -0.2) is 13.1 Å². The van der Waals surface area contributed by atoms with Crippen LogP contribution in [0.3, 0.4) is 0 Å². The number of rotatable bonds is 9. The summed E-state index contributed by atoms with van der Waals surface area (Å²) in [6.45, 7) is 0.647. The molecule has 0 radical (unpaired) electrons. The van der Waals surface area contributed by atoms with Crippen LogP contribution in [0.2, 0.25) is 0 Å². The Morgan fingerprint density at radius 2 is 1.52 bits per heavy atom. The van der Waals surface area contributed by atoms with Crippen molar-refractivity contribution in [3.8, 4) is 5.75 Å². The minimum atomic E-state index is -5.13. The van der Waals surface area contributed by atoms with Gasteiger partial charge in [0, 0.05) is 13.1 Å². The van der Waals surface area contributed by atoms with E-state index in [0.29, 0.717) is 18.8 Å². The molecule has 0 spiro atoms. The molecule has 0 aliphatic carbocycles. The number of hydrogen-bond donors (Lipinski definition) is 2. The van der Waals surface area contributed by atoms with Crippen molar-refractivity contribution in [3.63, 3.8) is 0 Å². The third-order valence-corrected chi connectivity index (χ3v) is 5.60. The van der Waals surface area contributed by atoms with Crippen molar-refractivity contribution < 1.29 is 39.5 Å². The summed E-state index contributed by atoms with van der Waals surface area (Å²) in [5.74, 6) is 0.673. The molecule has 2 rings (SSSR count). The van der Waals surface area contributed by atoms with Gasteiger partial charge in [0.15, 0.2) is 0 Å². The molecule has 5 nitrogen and oxygen atoms in total. The number of sulfonamides is 1. The van der Waals surface area contributed by atoms with E-state index in [2.05, 4.69) is 5.32 Å². The summed E-state index contributed by atoms with van der Waals surface area (Å²) in [6.07, 6.45) is -10.0. The molecule has 172 valence electrons. The van der Waals surface area contributed by atoms with Crippen LogP contribution in [0.5, 0.6) is 5.75 Å². The first-order valence-electron chi connectivity index (χ1n) is 8.96. The van der Waals surface area contributed by atoms with E-state index >= 15 is 0 Å². The second-order valence-electron chi connectivity index (χ2n) is 6.52. The molecule has 31 heavy (non-hydrogen) atoms. The maximum atomic E-state index is 12.9. The number of hydrogen-bond acceptors (Lipinski definition) is 4. The van der Waals surface area contributed by atoms with E-state index in [0.717, 1.165) is 5.56 Å². The van der Waals surface area contributed by atoms with Gasteiger partial charge in [-0.15, -0.1) is 0 Å². The normalized spacial score (nSPS) is 12.7. The molecule has 0 bridgehead atoms. The zero-order valence-electron chi connectivity index (χ0n) is 16.3. The van der Waals surface area contributed by atoms with Gasteiger partial charge in [-0.2, -0.15) is 26.3 Å². The molecular weight excluding hydrogens is 450 g/mol.